The Morgan fingerprint density at radius 1 is 1.50 bits per heavy atom. The average molecular weight is 346 g/mol. The molecular formula is C17H22N4O2S. The highest BCUT2D eigenvalue weighted by Crippen LogP contribution is 2.23. The first-order valence-electron chi connectivity index (χ1n) is 8.41. The van der Waals surface area contributed by atoms with Gasteiger partial charge in [-0.3, -0.25) is 14.1 Å². The first-order valence-corrected chi connectivity index (χ1v) is 9.63. The Balaban J connectivity index is 1.43. The van der Waals surface area contributed by atoms with Gasteiger partial charge in [-0.15, -0.1) is 0 Å². The molecule has 2 aromatic heterocycles. The molecule has 0 spiro atoms. The van der Waals surface area contributed by atoms with Gasteiger partial charge in [-0.05, 0) is 37.8 Å². The highest BCUT2D eigenvalue weighted by atomic mass is 32.2. The molecule has 128 valence electrons. The lowest BCUT2D eigenvalue weighted by Crippen LogP contribution is -2.50. The van der Waals surface area contributed by atoms with E-state index in [1.165, 1.54) is 24.6 Å². The fraction of sp³-hybridized carbons (Fsp3) is 0.529. The number of imidazole rings is 1. The molecule has 0 radical (unpaired) electrons. The number of thioether (sulfide) groups is 1. The summed E-state index contributed by atoms with van der Waals surface area (Å²) in [7, 11) is 0. The molecule has 0 saturated carbocycles. The van der Waals surface area contributed by atoms with E-state index in [1.807, 2.05) is 35.1 Å². The molecule has 1 amide bonds. The number of carbonyl (C=O) groups is 1. The van der Waals surface area contributed by atoms with Gasteiger partial charge in [0.25, 0.3) is 5.91 Å². The predicted octanol–water partition coefficient (Wildman–Crippen LogP) is 1.65. The molecule has 2 aromatic rings. The van der Waals surface area contributed by atoms with E-state index in [9.17, 15) is 4.79 Å². The molecule has 1 N–H and O–H groups in total. The van der Waals surface area contributed by atoms with Crippen LogP contribution in [0.25, 0.3) is 5.52 Å². The standard InChI is InChI=1S/C17H22N4O2S/c1-24-17-19-15(14-6-2-3-8-21(14)17)16(22)18-9-13-10-20-7-4-5-12(20)11-23-13/h2-3,6,8,12-13H,4-5,7,9-11H2,1H3,(H,18,22)/t12-,13+/m0/s1. The third kappa shape index (κ3) is 2.92. The van der Waals surface area contributed by atoms with Crippen LogP contribution in [0, 0.1) is 0 Å². The zero-order valence-corrected chi connectivity index (χ0v) is 14.6. The number of amides is 1. The van der Waals surface area contributed by atoms with Crippen LogP contribution in [0.5, 0.6) is 0 Å². The Hall–Kier alpha value is -1.57. The summed E-state index contributed by atoms with van der Waals surface area (Å²) < 4.78 is 7.86. The maximum atomic E-state index is 12.6. The van der Waals surface area contributed by atoms with E-state index in [-0.39, 0.29) is 12.0 Å². The Morgan fingerprint density at radius 3 is 3.29 bits per heavy atom. The highest BCUT2D eigenvalue weighted by molar-refractivity contribution is 7.98. The predicted molar refractivity (Wildman–Crippen MR) is 93.6 cm³/mol. The van der Waals surface area contributed by atoms with Crippen LogP contribution >= 0.6 is 11.8 Å². The molecule has 4 heterocycles. The summed E-state index contributed by atoms with van der Waals surface area (Å²) in [4.78, 5) is 19.6. The molecule has 2 saturated heterocycles. The summed E-state index contributed by atoms with van der Waals surface area (Å²) in [5, 5.41) is 3.83. The second kappa shape index (κ2) is 6.74. The number of pyridine rings is 1. The van der Waals surface area contributed by atoms with Gasteiger partial charge >= 0.3 is 0 Å². The number of hydrogen-bond donors (Lipinski definition) is 1. The lowest BCUT2D eigenvalue weighted by Gasteiger charge is -2.35. The van der Waals surface area contributed by atoms with Crippen molar-refractivity contribution in [3.63, 3.8) is 0 Å². The molecule has 2 fully saturated rings. The smallest absolute Gasteiger partial charge is 0.272 e. The maximum Gasteiger partial charge on any atom is 0.272 e. The fourth-order valence-corrected chi connectivity index (χ4v) is 4.16. The van der Waals surface area contributed by atoms with Gasteiger partial charge in [-0.2, -0.15) is 0 Å². The molecule has 0 bridgehead atoms. The van der Waals surface area contributed by atoms with Crippen molar-refractivity contribution in [3.05, 3.63) is 30.1 Å². The van der Waals surface area contributed by atoms with Crippen molar-refractivity contribution in [1.29, 1.82) is 0 Å². The number of aromatic nitrogens is 2. The number of nitrogens with one attached hydrogen (secondary N) is 1. The summed E-state index contributed by atoms with van der Waals surface area (Å²) in [6.45, 7) is 3.37. The van der Waals surface area contributed by atoms with Crippen molar-refractivity contribution >= 4 is 23.2 Å². The van der Waals surface area contributed by atoms with Crippen LogP contribution in [0.2, 0.25) is 0 Å². The van der Waals surface area contributed by atoms with E-state index < -0.39 is 0 Å². The number of nitrogens with zero attached hydrogens (tertiary/aromatic N) is 3. The topological polar surface area (TPSA) is 58.9 Å². The van der Waals surface area contributed by atoms with E-state index >= 15 is 0 Å². The van der Waals surface area contributed by atoms with Gasteiger partial charge in [0.05, 0.1) is 18.2 Å². The number of fused-ring (bicyclic) bond motifs is 2. The minimum Gasteiger partial charge on any atom is -0.373 e. The zero-order chi connectivity index (χ0) is 16.5. The van der Waals surface area contributed by atoms with Crippen LogP contribution in [0.1, 0.15) is 23.3 Å². The normalized spacial score (nSPS) is 24.2. The van der Waals surface area contributed by atoms with Gasteiger partial charge in [-0.25, -0.2) is 4.98 Å². The second-order valence-electron chi connectivity index (χ2n) is 6.36. The number of ether oxygens (including phenoxy) is 1. The third-order valence-electron chi connectivity index (χ3n) is 4.87. The molecule has 0 aromatic carbocycles. The van der Waals surface area contributed by atoms with Crippen molar-refractivity contribution in [2.24, 2.45) is 0 Å². The lowest BCUT2D eigenvalue weighted by molar-refractivity contribution is -0.0461. The summed E-state index contributed by atoms with van der Waals surface area (Å²) in [6, 6.07) is 6.37. The van der Waals surface area contributed by atoms with Gasteiger partial charge in [0.1, 0.15) is 0 Å². The van der Waals surface area contributed by atoms with Crippen LogP contribution in [0.15, 0.2) is 29.6 Å². The largest absolute Gasteiger partial charge is 0.373 e. The van der Waals surface area contributed by atoms with Crippen LogP contribution in [-0.2, 0) is 4.74 Å². The summed E-state index contributed by atoms with van der Waals surface area (Å²) in [5.74, 6) is -0.133. The minimum atomic E-state index is -0.133. The average Bonchev–Trinajstić information content (AvgIpc) is 3.23. The van der Waals surface area contributed by atoms with Gasteiger partial charge in [0, 0.05) is 25.3 Å². The van der Waals surface area contributed by atoms with Gasteiger partial charge in [0.15, 0.2) is 10.9 Å². The monoisotopic (exact) mass is 346 g/mol. The molecule has 7 heteroatoms. The molecule has 2 atom stereocenters. The molecule has 2 aliphatic heterocycles. The van der Waals surface area contributed by atoms with Crippen molar-refractivity contribution < 1.29 is 9.53 Å². The van der Waals surface area contributed by atoms with Crippen LogP contribution in [-0.4, -0.2) is 64.8 Å². The number of rotatable bonds is 4. The van der Waals surface area contributed by atoms with Crippen molar-refractivity contribution in [2.45, 2.75) is 30.1 Å². The Bertz CT molecular complexity index is 747. The second-order valence-corrected chi connectivity index (χ2v) is 7.13. The van der Waals surface area contributed by atoms with E-state index in [4.69, 9.17) is 4.74 Å². The Kier molecular flexibility index (Phi) is 4.47. The quantitative estimate of drug-likeness (QED) is 0.853. The van der Waals surface area contributed by atoms with Gasteiger partial charge < -0.3 is 10.1 Å². The lowest BCUT2D eigenvalue weighted by atomic mass is 10.2. The first-order chi connectivity index (χ1) is 11.8. The van der Waals surface area contributed by atoms with E-state index in [0.29, 0.717) is 18.3 Å². The van der Waals surface area contributed by atoms with Gasteiger partial charge in [-0.1, -0.05) is 17.8 Å². The molecule has 6 nitrogen and oxygen atoms in total. The Morgan fingerprint density at radius 2 is 2.42 bits per heavy atom. The third-order valence-corrected chi connectivity index (χ3v) is 5.52. The summed E-state index contributed by atoms with van der Waals surface area (Å²) in [5.41, 5.74) is 1.32. The molecule has 2 aliphatic rings. The minimum absolute atomic E-state index is 0.0669. The fourth-order valence-electron chi connectivity index (χ4n) is 3.62. The number of morpholine rings is 1. The molecule has 0 aliphatic carbocycles. The maximum absolute atomic E-state index is 12.6. The molecular weight excluding hydrogens is 324 g/mol. The number of carbonyl (C=O) groups excluding carboxylic acids is 1. The summed E-state index contributed by atoms with van der Waals surface area (Å²) >= 11 is 1.53. The zero-order valence-electron chi connectivity index (χ0n) is 13.8. The SMILES string of the molecule is CSc1nc(C(=O)NC[C@@H]2CN3CCC[C@H]3CO2)c2ccccn12. The van der Waals surface area contributed by atoms with E-state index in [1.54, 1.807) is 0 Å². The molecule has 0 unspecified atom stereocenters. The molecule has 4 rings (SSSR count). The van der Waals surface area contributed by atoms with Crippen LogP contribution in [0.3, 0.4) is 0 Å². The van der Waals surface area contributed by atoms with Crippen molar-refractivity contribution in [2.75, 3.05) is 32.5 Å². The van der Waals surface area contributed by atoms with E-state index in [0.717, 1.165) is 30.4 Å². The first kappa shape index (κ1) is 15.9. The highest BCUT2D eigenvalue weighted by Gasteiger charge is 2.32. The van der Waals surface area contributed by atoms with Gasteiger partial charge in [0.2, 0.25) is 0 Å². The summed E-state index contributed by atoms with van der Waals surface area (Å²) in [6.07, 6.45) is 6.45. The molecule has 24 heavy (non-hydrogen) atoms. The Labute approximate surface area is 145 Å². The van der Waals surface area contributed by atoms with Crippen molar-refractivity contribution in [3.8, 4) is 0 Å². The number of hydrogen-bond acceptors (Lipinski definition) is 5. The van der Waals surface area contributed by atoms with Crippen LogP contribution < -0.4 is 5.32 Å². The van der Waals surface area contributed by atoms with Crippen molar-refractivity contribution in [1.82, 2.24) is 19.6 Å². The van der Waals surface area contributed by atoms with E-state index in [2.05, 4.69) is 15.2 Å². The van der Waals surface area contributed by atoms with Crippen LogP contribution in [0.4, 0.5) is 0 Å².